The summed E-state index contributed by atoms with van der Waals surface area (Å²) in [5.74, 6) is 0.922. The van der Waals surface area contributed by atoms with Gasteiger partial charge in [0.1, 0.15) is 0 Å². The molecule has 6 nitrogen and oxygen atoms in total. The van der Waals surface area contributed by atoms with Gasteiger partial charge in [-0.05, 0) is 19.8 Å². The Kier molecular flexibility index (Phi) is 6.24. The minimum Gasteiger partial charge on any atom is -0.481 e. The summed E-state index contributed by atoms with van der Waals surface area (Å²) in [7, 11) is 3.52. The van der Waals surface area contributed by atoms with E-state index in [1.807, 2.05) is 14.0 Å². The third-order valence-electron chi connectivity index (χ3n) is 4.28. The number of ether oxygens (including phenoxy) is 1. The van der Waals surface area contributed by atoms with E-state index in [9.17, 15) is 4.79 Å². The second-order valence-electron chi connectivity index (χ2n) is 6.03. The monoisotopic (exact) mass is 308 g/mol. The smallest absolute Gasteiger partial charge is 0.221 e. The molecule has 1 fully saturated rings. The average molecular weight is 308 g/mol. The van der Waals surface area contributed by atoms with Crippen molar-refractivity contribution in [1.82, 2.24) is 20.4 Å². The molecule has 6 heteroatoms. The molecule has 1 aliphatic rings. The van der Waals surface area contributed by atoms with Crippen LogP contribution < -0.4 is 15.4 Å². The predicted molar refractivity (Wildman–Crippen MR) is 85.8 cm³/mol. The van der Waals surface area contributed by atoms with E-state index < -0.39 is 0 Å². The maximum absolute atomic E-state index is 11.9. The van der Waals surface area contributed by atoms with Crippen molar-refractivity contribution in [3.05, 3.63) is 11.3 Å². The lowest BCUT2D eigenvalue weighted by atomic mass is 9.95. The number of rotatable bonds is 7. The zero-order valence-electron chi connectivity index (χ0n) is 13.9. The van der Waals surface area contributed by atoms with Gasteiger partial charge in [-0.15, -0.1) is 0 Å². The first-order chi connectivity index (χ1) is 10.6. The Morgan fingerprint density at radius 2 is 2.09 bits per heavy atom. The lowest BCUT2D eigenvalue weighted by Gasteiger charge is -2.22. The molecular formula is C16H28N4O2. The summed E-state index contributed by atoms with van der Waals surface area (Å²) < 4.78 is 7.10. The van der Waals surface area contributed by atoms with Gasteiger partial charge < -0.3 is 15.4 Å². The van der Waals surface area contributed by atoms with Crippen molar-refractivity contribution < 1.29 is 9.53 Å². The van der Waals surface area contributed by atoms with Gasteiger partial charge in [0.2, 0.25) is 11.8 Å². The molecule has 1 aromatic rings. The van der Waals surface area contributed by atoms with Crippen molar-refractivity contribution in [3.8, 4) is 5.88 Å². The predicted octanol–water partition coefficient (Wildman–Crippen LogP) is 1.67. The summed E-state index contributed by atoms with van der Waals surface area (Å²) in [5.41, 5.74) is 2.01. The van der Waals surface area contributed by atoms with Crippen LogP contribution in [0.15, 0.2) is 0 Å². The molecule has 1 amide bonds. The highest BCUT2D eigenvalue weighted by Crippen LogP contribution is 2.20. The largest absolute Gasteiger partial charge is 0.481 e. The summed E-state index contributed by atoms with van der Waals surface area (Å²) in [4.78, 5) is 11.9. The quantitative estimate of drug-likeness (QED) is 0.752. The number of nitrogens with zero attached hydrogens (tertiary/aromatic N) is 2. The number of nitrogens with one attached hydrogen (secondary N) is 2. The van der Waals surface area contributed by atoms with Gasteiger partial charge in [-0.25, -0.2) is 4.68 Å². The number of aromatic nitrogens is 2. The van der Waals surface area contributed by atoms with Crippen molar-refractivity contribution in [2.45, 2.75) is 58.0 Å². The minimum atomic E-state index is 0.147. The highest BCUT2D eigenvalue weighted by atomic mass is 16.5. The van der Waals surface area contributed by atoms with Gasteiger partial charge in [-0.1, -0.05) is 19.3 Å². The maximum atomic E-state index is 11.9. The standard InChI is InChI=1S/C16H28N4O2/c1-12-14(16(22-3)20(2)19-12)11-17-10-9-15(21)18-13-7-5-4-6-8-13/h13,17H,4-11H2,1-3H3,(H,18,21). The summed E-state index contributed by atoms with van der Waals surface area (Å²) >= 11 is 0. The van der Waals surface area contributed by atoms with E-state index in [1.54, 1.807) is 11.8 Å². The molecule has 1 heterocycles. The first-order valence-corrected chi connectivity index (χ1v) is 8.18. The number of hydrogen-bond acceptors (Lipinski definition) is 4. The Morgan fingerprint density at radius 3 is 2.77 bits per heavy atom. The van der Waals surface area contributed by atoms with E-state index >= 15 is 0 Å². The lowest BCUT2D eigenvalue weighted by Crippen LogP contribution is -2.37. The molecule has 22 heavy (non-hydrogen) atoms. The second kappa shape index (κ2) is 8.17. The van der Waals surface area contributed by atoms with Crippen LogP contribution in [0.5, 0.6) is 5.88 Å². The molecule has 0 spiro atoms. The highest BCUT2D eigenvalue weighted by Gasteiger charge is 2.16. The Hall–Kier alpha value is -1.56. The van der Waals surface area contributed by atoms with Crippen LogP contribution in [0.3, 0.4) is 0 Å². The van der Waals surface area contributed by atoms with Crippen LogP contribution in [0.25, 0.3) is 0 Å². The zero-order chi connectivity index (χ0) is 15.9. The number of methoxy groups -OCH3 is 1. The van der Waals surface area contributed by atoms with E-state index in [-0.39, 0.29) is 5.91 Å². The van der Waals surface area contributed by atoms with Crippen molar-refractivity contribution in [2.75, 3.05) is 13.7 Å². The molecule has 0 aromatic carbocycles. The van der Waals surface area contributed by atoms with Crippen molar-refractivity contribution in [3.63, 3.8) is 0 Å². The van der Waals surface area contributed by atoms with Crippen LogP contribution >= 0.6 is 0 Å². The topological polar surface area (TPSA) is 68.2 Å². The van der Waals surface area contributed by atoms with Crippen molar-refractivity contribution >= 4 is 5.91 Å². The third-order valence-corrected chi connectivity index (χ3v) is 4.28. The van der Waals surface area contributed by atoms with Crippen molar-refractivity contribution in [2.24, 2.45) is 7.05 Å². The van der Waals surface area contributed by atoms with E-state index in [2.05, 4.69) is 15.7 Å². The van der Waals surface area contributed by atoms with Crippen molar-refractivity contribution in [1.29, 1.82) is 0 Å². The molecule has 0 unspecified atom stereocenters. The van der Waals surface area contributed by atoms with Crippen LogP contribution in [0.4, 0.5) is 0 Å². The Balaban J connectivity index is 1.69. The van der Waals surface area contributed by atoms with E-state index in [4.69, 9.17) is 4.74 Å². The van der Waals surface area contributed by atoms with Crippen LogP contribution in [0.2, 0.25) is 0 Å². The molecule has 0 bridgehead atoms. The maximum Gasteiger partial charge on any atom is 0.221 e. The molecular weight excluding hydrogens is 280 g/mol. The van der Waals surface area contributed by atoms with Gasteiger partial charge in [0.25, 0.3) is 0 Å². The van der Waals surface area contributed by atoms with Gasteiger partial charge in [0, 0.05) is 32.6 Å². The summed E-state index contributed by atoms with van der Waals surface area (Å²) in [6.45, 7) is 3.30. The second-order valence-corrected chi connectivity index (χ2v) is 6.03. The van der Waals surface area contributed by atoms with Gasteiger partial charge in [0.05, 0.1) is 18.4 Å². The Bertz CT molecular complexity index is 493. The number of carbonyl (C=O) groups is 1. The van der Waals surface area contributed by atoms with Crippen LogP contribution in [-0.2, 0) is 18.4 Å². The first-order valence-electron chi connectivity index (χ1n) is 8.18. The SMILES string of the molecule is COc1c(CNCCC(=O)NC2CCCCC2)c(C)nn1C. The van der Waals surface area contributed by atoms with Gasteiger partial charge in [0.15, 0.2) is 0 Å². The van der Waals surface area contributed by atoms with Crippen LogP contribution in [0.1, 0.15) is 49.8 Å². The first kappa shape index (κ1) is 16.8. The van der Waals surface area contributed by atoms with Gasteiger partial charge in [-0.3, -0.25) is 4.79 Å². The average Bonchev–Trinajstić information content (AvgIpc) is 2.78. The molecule has 1 aromatic heterocycles. The van der Waals surface area contributed by atoms with Gasteiger partial charge in [-0.2, -0.15) is 5.10 Å². The molecule has 0 radical (unpaired) electrons. The number of hydrogen-bond donors (Lipinski definition) is 2. The Morgan fingerprint density at radius 1 is 1.36 bits per heavy atom. The van der Waals surface area contributed by atoms with Crippen LogP contribution in [0, 0.1) is 6.92 Å². The normalized spacial score (nSPS) is 15.8. The number of aryl methyl sites for hydroxylation is 2. The molecule has 2 rings (SSSR count). The molecule has 1 aliphatic carbocycles. The third kappa shape index (κ3) is 4.47. The zero-order valence-corrected chi connectivity index (χ0v) is 13.9. The Labute approximate surface area is 132 Å². The number of carbonyl (C=O) groups excluding carboxylic acids is 1. The summed E-state index contributed by atoms with van der Waals surface area (Å²) in [6, 6.07) is 0.391. The van der Waals surface area contributed by atoms with Crippen LogP contribution in [-0.4, -0.2) is 35.4 Å². The van der Waals surface area contributed by atoms with Gasteiger partial charge >= 0.3 is 0 Å². The minimum absolute atomic E-state index is 0.147. The highest BCUT2D eigenvalue weighted by molar-refractivity contribution is 5.76. The lowest BCUT2D eigenvalue weighted by molar-refractivity contribution is -0.121. The number of amides is 1. The summed E-state index contributed by atoms with van der Waals surface area (Å²) in [5, 5.41) is 10.8. The molecule has 1 saturated carbocycles. The molecule has 0 atom stereocenters. The van der Waals surface area contributed by atoms with E-state index in [1.165, 1.54) is 19.3 Å². The van der Waals surface area contributed by atoms with E-state index in [0.717, 1.165) is 30.0 Å². The molecule has 124 valence electrons. The molecule has 0 aliphatic heterocycles. The fraction of sp³-hybridized carbons (Fsp3) is 0.750. The molecule has 0 saturated heterocycles. The fourth-order valence-electron chi connectivity index (χ4n) is 3.10. The fourth-order valence-corrected chi connectivity index (χ4v) is 3.10. The summed E-state index contributed by atoms with van der Waals surface area (Å²) in [6.07, 6.45) is 6.56. The van der Waals surface area contributed by atoms with E-state index in [0.29, 0.717) is 25.6 Å². The molecule has 2 N–H and O–H groups in total.